The van der Waals surface area contributed by atoms with Crippen molar-refractivity contribution in [3.8, 4) is 22.8 Å². The zero-order valence-corrected chi connectivity index (χ0v) is 19.6. The standard InChI is InChI=1S/C25H26BrN3O2/c1-5-12-31-28-21-14-25(2,3)15-23-20(21)13-22(17-6-8-18(26)9-7-17)29(23)19-10-11-24(30-4)27-16-19/h5-11,13,16H,1,12,14-15H2,2-4H3. The number of nitrogens with zero attached hydrogens (tertiary/aromatic N) is 3. The van der Waals surface area contributed by atoms with Gasteiger partial charge in [0.15, 0.2) is 0 Å². The number of pyridine rings is 1. The summed E-state index contributed by atoms with van der Waals surface area (Å²) in [6, 6.07) is 14.5. The van der Waals surface area contributed by atoms with Gasteiger partial charge in [-0.3, -0.25) is 0 Å². The lowest BCUT2D eigenvalue weighted by atomic mass is 9.76. The fourth-order valence-corrected chi connectivity index (χ4v) is 4.31. The Morgan fingerprint density at radius 1 is 1.19 bits per heavy atom. The number of methoxy groups -OCH3 is 1. The fourth-order valence-electron chi connectivity index (χ4n) is 4.04. The van der Waals surface area contributed by atoms with Crippen molar-refractivity contribution < 1.29 is 9.57 Å². The van der Waals surface area contributed by atoms with Crippen LogP contribution in [0, 0.1) is 5.41 Å². The monoisotopic (exact) mass is 479 g/mol. The van der Waals surface area contributed by atoms with Crippen molar-refractivity contribution in [3.63, 3.8) is 0 Å². The third-order valence-corrected chi connectivity index (χ3v) is 5.93. The van der Waals surface area contributed by atoms with E-state index in [2.05, 4.69) is 81.4 Å². The largest absolute Gasteiger partial charge is 0.481 e. The zero-order valence-electron chi connectivity index (χ0n) is 18.1. The minimum Gasteiger partial charge on any atom is -0.481 e. The van der Waals surface area contributed by atoms with E-state index < -0.39 is 0 Å². The number of rotatable bonds is 6. The van der Waals surface area contributed by atoms with Crippen LogP contribution in [0.5, 0.6) is 5.88 Å². The van der Waals surface area contributed by atoms with Gasteiger partial charge in [0.2, 0.25) is 5.88 Å². The predicted octanol–water partition coefficient (Wildman–Crippen LogP) is 6.19. The van der Waals surface area contributed by atoms with E-state index in [1.54, 1.807) is 13.2 Å². The van der Waals surface area contributed by atoms with E-state index in [9.17, 15) is 0 Å². The van der Waals surface area contributed by atoms with Crippen molar-refractivity contribution >= 4 is 21.6 Å². The highest BCUT2D eigenvalue weighted by molar-refractivity contribution is 9.10. The van der Waals surface area contributed by atoms with Crippen LogP contribution in [0.1, 0.15) is 31.5 Å². The molecular formula is C25H26BrN3O2. The summed E-state index contributed by atoms with van der Waals surface area (Å²) in [6.07, 6.45) is 5.33. The molecule has 0 unspecified atom stereocenters. The van der Waals surface area contributed by atoms with Gasteiger partial charge in [0, 0.05) is 21.8 Å². The second kappa shape index (κ2) is 8.71. The van der Waals surface area contributed by atoms with Gasteiger partial charge in [0.05, 0.1) is 30.4 Å². The summed E-state index contributed by atoms with van der Waals surface area (Å²) in [5, 5.41) is 4.48. The first kappa shape index (κ1) is 21.4. The highest BCUT2D eigenvalue weighted by Crippen LogP contribution is 2.40. The molecule has 1 aliphatic carbocycles. The van der Waals surface area contributed by atoms with E-state index in [0.717, 1.165) is 45.5 Å². The minimum atomic E-state index is 0.0519. The molecule has 160 valence electrons. The highest BCUT2D eigenvalue weighted by atomic mass is 79.9. The van der Waals surface area contributed by atoms with Crippen LogP contribution in [0.3, 0.4) is 0 Å². The zero-order chi connectivity index (χ0) is 22.0. The normalized spacial score (nSPS) is 16.1. The number of benzene rings is 1. The average molecular weight is 480 g/mol. The summed E-state index contributed by atoms with van der Waals surface area (Å²) in [5.41, 5.74) is 6.56. The van der Waals surface area contributed by atoms with E-state index in [0.29, 0.717) is 12.5 Å². The third-order valence-electron chi connectivity index (χ3n) is 5.40. The molecule has 1 aliphatic rings. The lowest BCUT2D eigenvalue weighted by Crippen LogP contribution is -2.28. The molecular weight excluding hydrogens is 454 g/mol. The molecule has 0 N–H and O–H groups in total. The fraction of sp³-hybridized carbons (Fsp3) is 0.280. The number of fused-ring (bicyclic) bond motifs is 1. The molecule has 0 bridgehead atoms. The van der Waals surface area contributed by atoms with Gasteiger partial charge in [-0.05, 0) is 48.1 Å². The van der Waals surface area contributed by atoms with Crippen LogP contribution in [-0.2, 0) is 11.3 Å². The third kappa shape index (κ3) is 4.44. The van der Waals surface area contributed by atoms with Crippen LogP contribution in [0.25, 0.3) is 16.9 Å². The molecule has 0 spiro atoms. The van der Waals surface area contributed by atoms with Crippen LogP contribution in [0.15, 0.2) is 70.9 Å². The van der Waals surface area contributed by atoms with Gasteiger partial charge in [-0.15, -0.1) is 0 Å². The SMILES string of the molecule is C=CCON=C1CC(C)(C)Cc2c1cc(-c1ccc(Br)cc1)n2-c1ccc(OC)nc1. The Morgan fingerprint density at radius 3 is 2.61 bits per heavy atom. The van der Waals surface area contributed by atoms with E-state index >= 15 is 0 Å². The molecule has 1 aromatic carbocycles. The number of aromatic nitrogens is 2. The quantitative estimate of drug-likeness (QED) is 0.240. The molecule has 0 amide bonds. The summed E-state index contributed by atoms with van der Waals surface area (Å²) >= 11 is 3.54. The molecule has 4 rings (SSSR count). The number of halogens is 1. The Labute approximate surface area is 191 Å². The number of hydrogen-bond acceptors (Lipinski definition) is 4. The Kier molecular flexibility index (Phi) is 6.01. The summed E-state index contributed by atoms with van der Waals surface area (Å²) in [7, 11) is 1.63. The molecule has 0 radical (unpaired) electrons. The first-order valence-corrected chi connectivity index (χ1v) is 11.0. The summed E-state index contributed by atoms with van der Waals surface area (Å²) in [6.45, 7) is 8.64. The molecule has 0 saturated heterocycles. The Bertz CT molecular complexity index is 1110. The van der Waals surface area contributed by atoms with Gasteiger partial charge in [0.25, 0.3) is 0 Å². The van der Waals surface area contributed by atoms with Crippen LogP contribution >= 0.6 is 15.9 Å². The minimum absolute atomic E-state index is 0.0519. The second-order valence-corrected chi connectivity index (χ2v) is 9.35. The van der Waals surface area contributed by atoms with E-state index in [1.807, 2.05) is 18.3 Å². The molecule has 2 aromatic heterocycles. The second-order valence-electron chi connectivity index (χ2n) is 8.43. The number of hydrogen-bond donors (Lipinski definition) is 0. The van der Waals surface area contributed by atoms with Crippen molar-refractivity contribution in [1.29, 1.82) is 0 Å². The summed E-state index contributed by atoms with van der Waals surface area (Å²) in [5.74, 6) is 0.593. The topological polar surface area (TPSA) is 48.6 Å². The first-order chi connectivity index (χ1) is 14.9. The van der Waals surface area contributed by atoms with E-state index in [-0.39, 0.29) is 5.41 Å². The molecule has 0 saturated carbocycles. The maximum atomic E-state index is 5.50. The van der Waals surface area contributed by atoms with Gasteiger partial charge < -0.3 is 14.1 Å². The first-order valence-electron chi connectivity index (χ1n) is 10.2. The lowest BCUT2D eigenvalue weighted by molar-refractivity contribution is 0.172. The van der Waals surface area contributed by atoms with Crippen molar-refractivity contribution in [2.45, 2.75) is 26.7 Å². The van der Waals surface area contributed by atoms with Gasteiger partial charge in [-0.1, -0.05) is 59.7 Å². The average Bonchev–Trinajstić information content (AvgIpc) is 3.12. The molecule has 3 aromatic rings. The van der Waals surface area contributed by atoms with Gasteiger partial charge in [-0.2, -0.15) is 0 Å². The van der Waals surface area contributed by atoms with Crippen molar-refractivity contribution in [2.75, 3.05) is 13.7 Å². The molecule has 2 heterocycles. The Morgan fingerprint density at radius 2 is 1.97 bits per heavy atom. The van der Waals surface area contributed by atoms with Crippen LogP contribution in [-0.4, -0.2) is 29.0 Å². The van der Waals surface area contributed by atoms with Crippen molar-refractivity contribution in [2.24, 2.45) is 10.6 Å². The molecule has 0 fully saturated rings. The van der Waals surface area contributed by atoms with Crippen molar-refractivity contribution in [1.82, 2.24) is 9.55 Å². The van der Waals surface area contributed by atoms with Crippen molar-refractivity contribution in [3.05, 3.63) is 77.0 Å². The lowest BCUT2D eigenvalue weighted by Gasteiger charge is -2.31. The van der Waals surface area contributed by atoms with Crippen LogP contribution in [0.4, 0.5) is 0 Å². The molecule has 31 heavy (non-hydrogen) atoms. The molecule has 0 atom stereocenters. The number of ether oxygens (including phenoxy) is 1. The Hall–Kier alpha value is -2.86. The van der Waals surface area contributed by atoms with Crippen LogP contribution < -0.4 is 4.74 Å². The van der Waals surface area contributed by atoms with Gasteiger partial charge >= 0.3 is 0 Å². The van der Waals surface area contributed by atoms with Gasteiger partial charge in [-0.25, -0.2) is 4.98 Å². The smallest absolute Gasteiger partial charge is 0.213 e. The molecule has 5 nitrogen and oxygen atoms in total. The molecule has 6 heteroatoms. The number of oxime groups is 1. The maximum absolute atomic E-state index is 5.50. The summed E-state index contributed by atoms with van der Waals surface area (Å²) in [4.78, 5) is 9.96. The van der Waals surface area contributed by atoms with E-state index in [1.165, 1.54) is 5.69 Å². The summed E-state index contributed by atoms with van der Waals surface area (Å²) < 4.78 is 8.60. The van der Waals surface area contributed by atoms with E-state index in [4.69, 9.17) is 9.57 Å². The van der Waals surface area contributed by atoms with Crippen LogP contribution in [0.2, 0.25) is 0 Å². The molecule has 0 aliphatic heterocycles. The maximum Gasteiger partial charge on any atom is 0.213 e. The highest BCUT2D eigenvalue weighted by Gasteiger charge is 2.34. The predicted molar refractivity (Wildman–Crippen MR) is 128 cm³/mol. The Balaban J connectivity index is 1.93. The van der Waals surface area contributed by atoms with Gasteiger partial charge in [0.1, 0.15) is 6.61 Å².